The molecule has 1 N–H and O–H groups in total. The van der Waals surface area contributed by atoms with E-state index in [2.05, 4.69) is 34.5 Å². The average molecular weight is 383 g/mol. The van der Waals surface area contributed by atoms with E-state index < -0.39 is 0 Å². The second-order valence-electron chi connectivity index (χ2n) is 6.76. The summed E-state index contributed by atoms with van der Waals surface area (Å²) in [5.41, 5.74) is 2.78. The van der Waals surface area contributed by atoms with Gasteiger partial charge in [0, 0.05) is 18.3 Å². The third-order valence-electron chi connectivity index (χ3n) is 4.85. The van der Waals surface area contributed by atoms with Gasteiger partial charge in [0.1, 0.15) is 0 Å². The first-order valence-electron chi connectivity index (χ1n) is 9.56. The zero-order chi connectivity index (χ0) is 19.1. The van der Waals surface area contributed by atoms with Crippen molar-refractivity contribution in [1.82, 2.24) is 4.90 Å². The lowest BCUT2D eigenvalue weighted by Gasteiger charge is -2.38. The van der Waals surface area contributed by atoms with Crippen LogP contribution < -0.4 is 5.32 Å². The van der Waals surface area contributed by atoms with Gasteiger partial charge >= 0.3 is 5.97 Å². The number of nitrogens with zero attached hydrogens (tertiary/aromatic N) is 1. The molecular formula is C22H26N2O2S. The topological polar surface area (TPSA) is 41.6 Å². The van der Waals surface area contributed by atoms with E-state index in [1.54, 1.807) is 19.1 Å². The molecule has 0 unspecified atom stereocenters. The first-order valence-corrected chi connectivity index (χ1v) is 9.97. The lowest BCUT2D eigenvalue weighted by molar-refractivity contribution is 0.0526. The minimum absolute atomic E-state index is 0.300. The Kier molecular flexibility index (Phi) is 6.82. The Morgan fingerprint density at radius 2 is 1.89 bits per heavy atom. The van der Waals surface area contributed by atoms with E-state index in [0.29, 0.717) is 18.2 Å². The maximum absolute atomic E-state index is 11.8. The van der Waals surface area contributed by atoms with E-state index in [0.717, 1.165) is 36.6 Å². The molecule has 1 aliphatic rings. The molecule has 0 aromatic heterocycles. The molecule has 0 aliphatic carbocycles. The Hall–Kier alpha value is -2.40. The lowest BCUT2D eigenvalue weighted by Crippen LogP contribution is -2.46. The zero-order valence-electron chi connectivity index (χ0n) is 15.7. The van der Waals surface area contributed by atoms with Crippen molar-refractivity contribution < 1.29 is 9.53 Å². The number of benzene rings is 2. The van der Waals surface area contributed by atoms with Gasteiger partial charge < -0.3 is 15.0 Å². The van der Waals surface area contributed by atoms with Crippen LogP contribution in [0.1, 0.15) is 42.1 Å². The summed E-state index contributed by atoms with van der Waals surface area (Å²) in [5, 5.41) is 4.08. The number of carbonyl (C=O) groups is 1. The SMILES string of the molecule is CCOC(=O)c1ccc(NC(=S)N2CCCC[C@@H]2Cc2ccccc2)cc1. The largest absolute Gasteiger partial charge is 0.462 e. The molecule has 142 valence electrons. The Balaban J connectivity index is 1.63. The van der Waals surface area contributed by atoms with Crippen molar-refractivity contribution in [1.29, 1.82) is 0 Å². The van der Waals surface area contributed by atoms with Crippen LogP contribution in [-0.2, 0) is 11.2 Å². The molecule has 4 nitrogen and oxygen atoms in total. The fourth-order valence-corrected chi connectivity index (χ4v) is 3.82. The van der Waals surface area contributed by atoms with Crippen molar-refractivity contribution in [3.63, 3.8) is 0 Å². The molecule has 0 amide bonds. The fraction of sp³-hybridized carbons (Fsp3) is 0.364. The number of nitrogens with one attached hydrogen (secondary N) is 1. The number of thiocarbonyl (C=S) groups is 1. The zero-order valence-corrected chi connectivity index (χ0v) is 16.5. The van der Waals surface area contributed by atoms with Crippen molar-refractivity contribution in [2.75, 3.05) is 18.5 Å². The molecule has 0 radical (unpaired) electrons. The predicted molar refractivity (Wildman–Crippen MR) is 113 cm³/mol. The fourth-order valence-electron chi connectivity index (χ4n) is 3.47. The summed E-state index contributed by atoms with van der Waals surface area (Å²) in [6.45, 7) is 3.15. The van der Waals surface area contributed by atoms with Crippen molar-refractivity contribution >= 4 is 29.0 Å². The van der Waals surface area contributed by atoms with Crippen molar-refractivity contribution in [3.8, 4) is 0 Å². The second-order valence-corrected chi connectivity index (χ2v) is 7.15. The van der Waals surface area contributed by atoms with Crippen LogP contribution in [0, 0.1) is 0 Å². The van der Waals surface area contributed by atoms with E-state index in [1.807, 2.05) is 18.2 Å². The number of hydrogen-bond donors (Lipinski definition) is 1. The van der Waals surface area contributed by atoms with Gasteiger partial charge in [0.15, 0.2) is 5.11 Å². The van der Waals surface area contributed by atoms with Gasteiger partial charge in [-0.2, -0.15) is 0 Å². The summed E-state index contributed by atoms with van der Waals surface area (Å²) < 4.78 is 5.02. The van der Waals surface area contributed by atoms with E-state index in [1.165, 1.54) is 12.0 Å². The summed E-state index contributed by atoms with van der Waals surface area (Å²) in [6, 6.07) is 18.3. The molecule has 1 fully saturated rings. The van der Waals surface area contributed by atoms with Gasteiger partial charge in [0.2, 0.25) is 0 Å². The van der Waals surface area contributed by atoms with Crippen LogP contribution in [0.4, 0.5) is 5.69 Å². The highest BCUT2D eigenvalue weighted by Crippen LogP contribution is 2.22. The van der Waals surface area contributed by atoms with Gasteiger partial charge in [0.05, 0.1) is 12.2 Å². The number of likely N-dealkylation sites (tertiary alicyclic amines) is 1. The molecule has 1 saturated heterocycles. The Morgan fingerprint density at radius 3 is 2.59 bits per heavy atom. The molecule has 2 aromatic rings. The van der Waals surface area contributed by atoms with Gasteiger partial charge in [-0.05, 0) is 74.7 Å². The molecule has 3 rings (SSSR count). The summed E-state index contributed by atoms with van der Waals surface area (Å²) in [6.07, 6.45) is 4.56. The van der Waals surface area contributed by atoms with Gasteiger partial charge in [-0.1, -0.05) is 30.3 Å². The minimum Gasteiger partial charge on any atom is -0.462 e. The smallest absolute Gasteiger partial charge is 0.338 e. The van der Waals surface area contributed by atoms with Crippen LogP contribution in [0.3, 0.4) is 0 Å². The normalized spacial score (nSPS) is 16.6. The lowest BCUT2D eigenvalue weighted by atomic mass is 9.96. The highest BCUT2D eigenvalue weighted by Gasteiger charge is 2.24. The van der Waals surface area contributed by atoms with E-state index in [4.69, 9.17) is 17.0 Å². The first kappa shape index (κ1) is 19.4. The van der Waals surface area contributed by atoms with E-state index >= 15 is 0 Å². The first-order chi connectivity index (χ1) is 13.2. The third-order valence-corrected chi connectivity index (χ3v) is 5.19. The van der Waals surface area contributed by atoms with E-state index in [-0.39, 0.29) is 5.97 Å². The monoisotopic (exact) mass is 382 g/mol. The molecule has 0 spiro atoms. The predicted octanol–water partition coefficient (Wildman–Crippen LogP) is 4.66. The van der Waals surface area contributed by atoms with Gasteiger partial charge in [0.25, 0.3) is 0 Å². The molecular weight excluding hydrogens is 356 g/mol. The Bertz CT molecular complexity index is 762. The number of esters is 1. The average Bonchev–Trinajstić information content (AvgIpc) is 2.70. The summed E-state index contributed by atoms with van der Waals surface area (Å²) in [4.78, 5) is 14.1. The van der Waals surface area contributed by atoms with Crippen LogP contribution in [-0.4, -0.2) is 35.2 Å². The number of hydrogen-bond acceptors (Lipinski definition) is 3. The minimum atomic E-state index is -0.300. The maximum Gasteiger partial charge on any atom is 0.338 e. The molecule has 2 aromatic carbocycles. The Labute approximate surface area is 166 Å². The summed E-state index contributed by atoms with van der Waals surface area (Å²) in [5.74, 6) is -0.300. The molecule has 0 saturated carbocycles. The number of rotatable bonds is 5. The molecule has 1 atom stereocenters. The van der Waals surface area contributed by atoms with Gasteiger partial charge in [-0.25, -0.2) is 4.79 Å². The standard InChI is InChI=1S/C22H26N2O2S/c1-2-26-21(25)18-11-13-19(14-12-18)23-22(27)24-15-7-6-10-20(24)16-17-8-4-3-5-9-17/h3-5,8-9,11-14,20H,2,6-7,10,15-16H2,1H3,(H,23,27)/t20-/m1/s1. The molecule has 0 bridgehead atoms. The van der Waals surface area contributed by atoms with Crippen molar-refractivity contribution in [2.24, 2.45) is 0 Å². The van der Waals surface area contributed by atoms with Crippen molar-refractivity contribution in [2.45, 2.75) is 38.6 Å². The Morgan fingerprint density at radius 1 is 1.15 bits per heavy atom. The highest BCUT2D eigenvalue weighted by molar-refractivity contribution is 7.80. The quantitative estimate of drug-likeness (QED) is 0.602. The second kappa shape index (κ2) is 9.51. The van der Waals surface area contributed by atoms with Crippen LogP contribution in [0.5, 0.6) is 0 Å². The number of piperidine rings is 1. The van der Waals surface area contributed by atoms with E-state index in [9.17, 15) is 4.79 Å². The van der Waals surface area contributed by atoms with Crippen LogP contribution >= 0.6 is 12.2 Å². The number of anilines is 1. The summed E-state index contributed by atoms with van der Waals surface area (Å²) in [7, 11) is 0. The molecule has 27 heavy (non-hydrogen) atoms. The van der Waals surface area contributed by atoms with Crippen LogP contribution in [0.15, 0.2) is 54.6 Å². The third kappa shape index (κ3) is 5.30. The van der Waals surface area contributed by atoms with Crippen molar-refractivity contribution in [3.05, 3.63) is 65.7 Å². The molecule has 1 heterocycles. The number of ether oxygens (including phenoxy) is 1. The van der Waals surface area contributed by atoms with Crippen LogP contribution in [0.25, 0.3) is 0 Å². The molecule has 5 heteroatoms. The molecule has 1 aliphatic heterocycles. The highest BCUT2D eigenvalue weighted by atomic mass is 32.1. The van der Waals surface area contributed by atoms with Gasteiger partial charge in [-0.15, -0.1) is 0 Å². The van der Waals surface area contributed by atoms with Gasteiger partial charge in [-0.3, -0.25) is 0 Å². The van der Waals surface area contributed by atoms with Crippen LogP contribution in [0.2, 0.25) is 0 Å². The maximum atomic E-state index is 11.8. The summed E-state index contributed by atoms with van der Waals surface area (Å²) >= 11 is 5.70. The number of carbonyl (C=O) groups excluding carboxylic acids is 1.